The summed E-state index contributed by atoms with van der Waals surface area (Å²) in [5.74, 6) is -1.42. The van der Waals surface area contributed by atoms with Crippen LogP contribution in [-0.4, -0.2) is 45.6 Å². The zero-order valence-electron chi connectivity index (χ0n) is 12.9. The Hall–Kier alpha value is 0.920. The predicted molar refractivity (Wildman–Crippen MR) is 79.7 cm³/mol. The van der Waals surface area contributed by atoms with Gasteiger partial charge < -0.3 is 10.2 Å². The van der Waals surface area contributed by atoms with Crippen LogP contribution in [-0.2, 0) is 0 Å². The Morgan fingerprint density at radius 3 is 1.44 bits per heavy atom. The largest absolute Gasteiger partial charge is 0.366 e. The van der Waals surface area contributed by atoms with E-state index in [0.717, 1.165) is 12.8 Å². The molecule has 0 saturated heterocycles. The number of hydrogen-bond acceptors (Lipinski definition) is 2. The van der Waals surface area contributed by atoms with Crippen molar-refractivity contribution in [1.82, 2.24) is 0 Å². The zero-order chi connectivity index (χ0) is 13.0. The van der Waals surface area contributed by atoms with Crippen LogP contribution in [0.4, 0.5) is 0 Å². The quantitative estimate of drug-likeness (QED) is 0.319. The first-order valence-corrected chi connectivity index (χ1v) is 7.57. The van der Waals surface area contributed by atoms with E-state index in [0.29, 0.717) is 12.8 Å². The SMILES string of the molecule is CCCCCCCCCCCCC(O)(O)CC.[Na]. The number of aliphatic hydroxyl groups is 2. The van der Waals surface area contributed by atoms with Gasteiger partial charge in [-0.2, -0.15) is 0 Å². The summed E-state index contributed by atoms with van der Waals surface area (Å²) < 4.78 is 0. The molecule has 0 aromatic carbocycles. The molecular formula is C15H32NaO2. The van der Waals surface area contributed by atoms with E-state index in [1.165, 1.54) is 51.4 Å². The summed E-state index contributed by atoms with van der Waals surface area (Å²) in [4.78, 5) is 0. The molecule has 3 heteroatoms. The standard InChI is InChI=1S/C15H32O2.Na/c1-3-5-6-7-8-9-10-11-12-13-14-15(16,17)4-2;/h16-17H,3-14H2,1-2H3;. The third-order valence-electron chi connectivity index (χ3n) is 3.50. The average Bonchev–Trinajstić information content (AvgIpc) is 2.31. The van der Waals surface area contributed by atoms with Crippen LogP contribution in [0.1, 0.15) is 90.9 Å². The van der Waals surface area contributed by atoms with E-state index in [-0.39, 0.29) is 29.6 Å². The minimum atomic E-state index is -1.42. The van der Waals surface area contributed by atoms with E-state index in [1.54, 1.807) is 0 Å². The summed E-state index contributed by atoms with van der Waals surface area (Å²) in [6.45, 7) is 4.06. The fourth-order valence-corrected chi connectivity index (χ4v) is 2.07. The number of unbranched alkanes of at least 4 members (excludes halogenated alkanes) is 9. The van der Waals surface area contributed by atoms with E-state index < -0.39 is 5.79 Å². The third-order valence-corrected chi connectivity index (χ3v) is 3.50. The molecule has 18 heavy (non-hydrogen) atoms. The Kier molecular flexibility index (Phi) is 16.9. The monoisotopic (exact) mass is 267 g/mol. The van der Waals surface area contributed by atoms with Crippen LogP contribution >= 0.6 is 0 Å². The van der Waals surface area contributed by atoms with Crippen LogP contribution in [0.5, 0.6) is 0 Å². The molecule has 0 atom stereocenters. The first kappa shape index (κ1) is 21.2. The fourth-order valence-electron chi connectivity index (χ4n) is 2.07. The molecular weight excluding hydrogens is 235 g/mol. The molecule has 0 aliphatic carbocycles. The maximum Gasteiger partial charge on any atom is 0.162 e. The Labute approximate surface area is 136 Å². The molecule has 0 fully saturated rings. The normalized spacial score (nSPS) is 11.3. The van der Waals surface area contributed by atoms with Gasteiger partial charge in [-0.25, -0.2) is 0 Å². The molecule has 0 saturated carbocycles. The van der Waals surface area contributed by atoms with Crippen molar-refractivity contribution in [2.45, 2.75) is 96.7 Å². The summed E-state index contributed by atoms with van der Waals surface area (Å²) in [6, 6.07) is 0. The van der Waals surface area contributed by atoms with Crippen LogP contribution < -0.4 is 0 Å². The van der Waals surface area contributed by atoms with Gasteiger partial charge in [0.2, 0.25) is 0 Å². The Morgan fingerprint density at radius 2 is 1.06 bits per heavy atom. The third kappa shape index (κ3) is 15.0. The summed E-state index contributed by atoms with van der Waals surface area (Å²) in [5.41, 5.74) is 0. The van der Waals surface area contributed by atoms with Gasteiger partial charge in [-0.1, -0.05) is 71.6 Å². The molecule has 0 spiro atoms. The van der Waals surface area contributed by atoms with Gasteiger partial charge in [0.1, 0.15) is 0 Å². The molecule has 1 radical (unpaired) electrons. The topological polar surface area (TPSA) is 40.5 Å². The van der Waals surface area contributed by atoms with Crippen LogP contribution in [0.3, 0.4) is 0 Å². The summed E-state index contributed by atoms with van der Waals surface area (Å²) in [5, 5.41) is 18.8. The smallest absolute Gasteiger partial charge is 0.162 e. The molecule has 0 aliphatic heterocycles. The van der Waals surface area contributed by atoms with Gasteiger partial charge in [0.25, 0.3) is 0 Å². The molecule has 0 aliphatic rings. The van der Waals surface area contributed by atoms with Gasteiger partial charge in [-0.05, 0) is 12.8 Å². The van der Waals surface area contributed by atoms with Crippen LogP contribution in [0.15, 0.2) is 0 Å². The summed E-state index contributed by atoms with van der Waals surface area (Å²) in [6.07, 6.45) is 13.8. The van der Waals surface area contributed by atoms with Crippen molar-refractivity contribution in [3.63, 3.8) is 0 Å². The molecule has 0 bridgehead atoms. The Morgan fingerprint density at radius 1 is 0.667 bits per heavy atom. The zero-order valence-corrected chi connectivity index (χ0v) is 14.9. The van der Waals surface area contributed by atoms with Gasteiger partial charge in [-0.15, -0.1) is 0 Å². The molecule has 0 aromatic rings. The first-order valence-electron chi connectivity index (χ1n) is 7.57. The van der Waals surface area contributed by atoms with E-state index in [4.69, 9.17) is 0 Å². The molecule has 0 amide bonds. The first-order chi connectivity index (χ1) is 8.12. The maximum atomic E-state index is 9.40. The van der Waals surface area contributed by atoms with Crippen LogP contribution in [0.25, 0.3) is 0 Å². The van der Waals surface area contributed by atoms with Crippen molar-refractivity contribution in [2.24, 2.45) is 0 Å². The van der Waals surface area contributed by atoms with E-state index in [2.05, 4.69) is 6.92 Å². The molecule has 105 valence electrons. The Balaban J connectivity index is 0. The van der Waals surface area contributed by atoms with Crippen LogP contribution in [0.2, 0.25) is 0 Å². The summed E-state index contributed by atoms with van der Waals surface area (Å²) in [7, 11) is 0. The maximum absolute atomic E-state index is 9.40. The molecule has 0 rings (SSSR count). The van der Waals surface area contributed by atoms with Crippen molar-refractivity contribution >= 4 is 29.6 Å². The van der Waals surface area contributed by atoms with Crippen molar-refractivity contribution in [1.29, 1.82) is 0 Å². The van der Waals surface area contributed by atoms with Crippen molar-refractivity contribution < 1.29 is 10.2 Å². The van der Waals surface area contributed by atoms with E-state index in [9.17, 15) is 10.2 Å². The minimum Gasteiger partial charge on any atom is -0.366 e. The van der Waals surface area contributed by atoms with Crippen LogP contribution in [0, 0.1) is 0 Å². The van der Waals surface area contributed by atoms with E-state index >= 15 is 0 Å². The van der Waals surface area contributed by atoms with Gasteiger partial charge >= 0.3 is 0 Å². The molecule has 0 heterocycles. The van der Waals surface area contributed by atoms with Gasteiger partial charge in [0.05, 0.1) is 0 Å². The molecule has 2 N–H and O–H groups in total. The fraction of sp³-hybridized carbons (Fsp3) is 1.00. The van der Waals surface area contributed by atoms with Gasteiger partial charge in [0, 0.05) is 36.0 Å². The molecule has 0 unspecified atom stereocenters. The van der Waals surface area contributed by atoms with Crippen molar-refractivity contribution in [2.75, 3.05) is 0 Å². The second-order valence-corrected chi connectivity index (χ2v) is 5.27. The second kappa shape index (κ2) is 14.3. The van der Waals surface area contributed by atoms with Gasteiger partial charge in [-0.3, -0.25) is 0 Å². The molecule has 0 aromatic heterocycles. The number of hydrogen-bond donors (Lipinski definition) is 2. The molecule has 2 nitrogen and oxygen atoms in total. The van der Waals surface area contributed by atoms with E-state index in [1.807, 2.05) is 6.92 Å². The number of rotatable bonds is 12. The van der Waals surface area contributed by atoms with Gasteiger partial charge in [0.15, 0.2) is 5.79 Å². The second-order valence-electron chi connectivity index (χ2n) is 5.27. The Bertz CT molecular complexity index is 161. The summed E-state index contributed by atoms with van der Waals surface area (Å²) >= 11 is 0. The minimum absolute atomic E-state index is 0. The average molecular weight is 267 g/mol. The predicted octanol–water partition coefficient (Wildman–Crippen LogP) is 4.01. The van der Waals surface area contributed by atoms with Crippen molar-refractivity contribution in [3.05, 3.63) is 0 Å². The van der Waals surface area contributed by atoms with Crippen molar-refractivity contribution in [3.8, 4) is 0 Å².